The van der Waals surface area contributed by atoms with Crippen LogP contribution < -0.4 is 5.32 Å². The molecule has 4 heteroatoms. The zero-order chi connectivity index (χ0) is 13.4. The zero-order valence-corrected chi connectivity index (χ0v) is 12.2. The summed E-state index contributed by atoms with van der Waals surface area (Å²) in [6, 6.07) is 0. The van der Waals surface area contributed by atoms with Gasteiger partial charge in [0.05, 0.1) is 0 Å². The summed E-state index contributed by atoms with van der Waals surface area (Å²) in [6.07, 6.45) is 4.24. The molecule has 0 aromatic rings. The van der Waals surface area contributed by atoms with E-state index in [9.17, 15) is 4.79 Å². The molecule has 1 aliphatic heterocycles. The molecule has 1 heterocycles. The molecule has 0 saturated carbocycles. The Labute approximate surface area is 112 Å². The van der Waals surface area contributed by atoms with Crippen molar-refractivity contribution in [3.63, 3.8) is 0 Å². The van der Waals surface area contributed by atoms with Crippen molar-refractivity contribution in [1.29, 1.82) is 0 Å². The number of hydrogen-bond donors (Lipinski definition) is 1. The Kier molecular flexibility index (Phi) is 7.28. The van der Waals surface area contributed by atoms with Gasteiger partial charge in [-0.3, -0.25) is 4.79 Å². The molecule has 4 nitrogen and oxygen atoms in total. The van der Waals surface area contributed by atoms with Crippen molar-refractivity contribution in [3.8, 4) is 0 Å². The highest BCUT2D eigenvalue weighted by atomic mass is 16.1. The van der Waals surface area contributed by atoms with Gasteiger partial charge in [-0.2, -0.15) is 0 Å². The molecule has 1 amide bonds. The molecule has 0 bridgehead atoms. The lowest BCUT2D eigenvalue weighted by Gasteiger charge is -2.29. The molecule has 0 radical (unpaired) electrons. The number of piperidine rings is 1. The Morgan fingerprint density at radius 3 is 2.61 bits per heavy atom. The van der Waals surface area contributed by atoms with Gasteiger partial charge in [-0.15, -0.1) is 0 Å². The second kappa shape index (κ2) is 8.48. The number of nitrogens with one attached hydrogen (secondary N) is 1. The van der Waals surface area contributed by atoms with Crippen LogP contribution in [0.2, 0.25) is 0 Å². The van der Waals surface area contributed by atoms with Gasteiger partial charge in [0.2, 0.25) is 5.91 Å². The number of carbonyl (C=O) groups is 1. The van der Waals surface area contributed by atoms with Crippen molar-refractivity contribution in [2.24, 2.45) is 5.92 Å². The summed E-state index contributed by atoms with van der Waals surface area (Å²) in [4.78, 5) is 16.2. The van der Waals surface area contributed by atoms with Crippen molar-refractivity contribution in [2.45, 2.75) is 32.6 Å². The highest BCUT2D eigenvalue weighted by Gasteiger charge is 2.15. The lowest BCUT2D eigenvalue weighted by molar-refractivity contribution is -0.121. The number of amides is 1. The monoisotopic (exact) mass is 255 g/mol. The van der Waals surface area contributed by atoms with Crippen molar-refractivity contribution < 1.29 is 4.79 Å². The molecule has 1 rings (SSSR count). The third-order valence-electron chi connectivity index (χ3n) is 3.64. The number of likely N-dealkylation sites (tertiary alicyclic amines) is 1. The van der Waals surface area contributed by atoms with Crippen LogP contribution in [0.4, 0.5) is 0 Å². The first-order chi connectivity index (χ1) is 8.58. The molecule has 18 heavy (non-hydrogen) atoms. The molecule has 1 saturated heterocycles. The Hall–Kier alpha value is -0.610. The van der Waals surface area contributed by atoms with E-state index in [0.29, 0.717) is 6.42 Å². The molecule has 0 aromatic heterocycles. The Morgan fingerprint density at radius 1 is 1.33 bits per heavy atom. The van der Waals surface area contributed by atoms with Crippen LogP contribution in [0, 0.1) is 5.92 Å². The molecule has 0 spiro atoms. The second-order valence-corrected chi connectivity index (χ2v) is 5.78. The average Bonchev–Trinajstić information content (AvgIpc) is 2.34. The quantitative estimate of drug-likeness (QED) is 0.694. The maximum atomic E-state index is 11.6. The van der Waals surface area contributed by atoms with Crippen molar-refractivity contribution >= 4 is 5.91 Å². The molecular weight excluding hydrogens is 226 g/mol. The van der Waals surface area contributed by atoms with E-state index in [2.05, 4.69) is 36.1 Å². The fourth-order valence-corrected chi connectivity index (χ4v) is 2.26. The van der Waals surface area contributed by atoms with Gasteiger partial charge in [0.1, 0.15) is 0 Å². The van der Waals surface area contributed by atoms with Crippen molar-refractivity contribution in [3.05, 3.63) is 0 Å². The van der Waals surface area contributed by atoms with Crippen molar-refractivity contribution in [2.75, 3.05) is 46.8 Å². The highest BCUT2D eigenvalue weighted by molar-refractivity contribution is 5.75. The maximum Gasteiger partial charge on any atom is 0.221 e. The molecule has 0 aliphatic carbocycles. The molecule has 1 fully saturated rings. The minimum absolute atomic E-state index is 0.201. The van der Waals surface area contributed by atoms with Gasteiger partial charge < -0.3 is 15.1 Å². The minimum Gasteiger partial charge on any atom is -0.356 e. The van der Waals surface area contributed by atoms with Crippen LogP contribution in [-0.4, -0.2) is 62.5 Å². The van der Waals surface area contributed by atoms with Crippen LogP contribution in [0.25, 0.3) is 0 Å². The predicted octanol–water partition coefficient (Wildman–Crippen LogP) is 1.18. The summed E-state index contributed by atoms with van der Waals surface area (Å²) in [5.41, 5.74) is 0. The second-order valence-electron chi connectivity index (χ2n) is 5.78. The largest absolute Gasteiger partial charge is 0.356 e. The van der Waals surface area contributed by atoms with Crippen LogP contribution in [0.3, 0.4) is 0 Å². The fraction of sp³-hybridized carbons (Fsp3) is 0.929. The van der Waals surface area contributed by atoms with E-state index in [4.69, 9.17) is 0 Å². The van der Waals surface area contributed by atoms with Crippen LogP contribution >= 0.6 is 0 Å². The van der Waals surface area contributed by atoms with Gasteiger partial charge in [0, 0.05) is 19.5 Å². The highest BCUT2D eigenvalue weighted by Crippen LogP contribution is 2.15. The topological polar surface area (TPSA) is 35.6 Å². The summed E-state index contributed by atoms with van der Waals surface area (Å²) >= 11 is 0. The van der Waals surface area contributed by atoms with Crippen molar-refractivity contribution in [1.82, 2.24) is 15.1 Å². The van der Waals surface area contributed by atoms with Crippen LogP contribution in [0.15, 0.2) is 0 Å². The first kappa shape index (κ1) is 15.4. The fourth-order valence-electron chi connectivity index (χ4n) is 2.26. The van der Waals surface area contributed by atoms with Gasteiger partial charge in [0.25, 0.3) is 0 Å². The summed E-state index contributed by atoms with van der Waals surface area (Å²) < 4.78 is 0. The van der Waals surface area contributed by atoms with E-state index < -0.39 is 0 Å². The van der Waals surface area contributed by atoms with Gasteiger partial charge in [-0.05, 0) is 58.9 Å². The van der Waals surface area contributed by atoms with Crippen LogP contribution in [0.1, 0.15) is 32.6 Å². The minimum atomic E-state index is 0.201. The first-order valence-corrected chi connectivity index (χ1v) is 7.21. The van der Waals surface area contributed by atoms with Gasteiger partial charge >= 0.3 is 0 Å². The average molecular weight is 255 g/mol. The smallest absolute Gasteiger partial charge is 0.221 e. The van der Waals surface area contributed by atoms with Gasteiger partial charge in [0.15, 0.2) is 0 Å². The van der Waals surface area contributed by atoms with E-state index in [0.717, 1.165) is 45.1 Å². The molecule has 0 atom stereocenters. The number of hydrogen-bond acceptors (Lipinski definition) is 3. The van der Waals surface area contributed by atoms with Crippen LogP contribution in [-0.2, 0) is 4.79 Å². The standard InChI is InChI=1S/C14H29N3O/c1-13-5-10-17(11-6-13)12-7-14(18)15-8-4-9-16(2)3/h13H,4-12H2,1-3H3,(H,15,18). The molecule has 106 valence electrons. The lowest BCUT2D eigenvalue weighted by atomic mass is 9.99. The Morgan fingerprint density at radius 2 is 2.00 bits per heavy atom. The zero-order valence-electron chi connectivity index (χ0n) is 12.2. The Balaban J connectivity index is 1.99. The molecule has 0 unspecified atom stereocenters. The van der Waals surface area contributed by atoms with Gasteiger partial charge in [-0.25, -0.2) is 0 Å². The lowest BCUT2D eigenvalue weighted by Crippen LogP contribution is -2.36. The number of rotatable bonds is 7. The molecular formula is C14H29N3O. The summed E-state index contributed by atoms with van der Waals surface area (Å²) in [5.74, 6) is 1.06. The summed E-state index contributed by atoms with van der Waals surface area (Å²) in [7, 11) is 4.11. The van der Waals surface area contributed by atoms with E-state index in [1.54, 1.807) is 0 Å². The maximum absolute atomic E-state index is 11.6. The van der Waals surface area contributed by atoms with Gasteiger partial charge in [-0.1, -0.05) is 6.92 Å². The van der Waals surface area contributed by atoms with E-state index in [1.807, 2.05) is 0 Å². The molecule has 1 N–H and O–H groups in total. The number of carbonyl (C=O) groups excluding carboxylic acids is 1. The normalized spacial score (nSPS) is 18.2. The van der Waals surface area contributed by atoms with Crippen LogP contribution in [0.5, 0.6) is 0 Å². The van der Waals surface area contributed by atoms with E-state index in [-0.39, 0.29) is 5.91 Å². The predicted molar refractivity (Wildman–Crippen MR) is 75.6 cm³/mol. The Bertz CT molecular complexity index is 235. The molecule has 0 aromatic carbocycles. The third kappa shape index (κ3) is 6.97. The van der Waals surface area contributed by atoms with E-state index in [1.165, 1.54) is 12.8 Å². The first-order valence-electron chi connectivity index (χ1n) is 7.21. The third-order valence-corrected chi connectivity index (χ3v) is 3.64. The summed E-state index contributed by atoms with van der Waals surface area (Å²) in [5, 5.41) is 2.99. The summed E-state index contributed by atoms with van der Waals surface area (Å²) in [6.45, 7) is 7.39. The molecule has 1 aliphatic rings. The van der Waals surface area contributed by atoms with E-state index >= 15 is 0 Å². The number of nitrogens with zero attached hydrogens (tertiary/aromatic N) is 2. The SMILES string of the molecule is CC1CCN(CCC(=O)NCCCN(C)C)CC1.